The molecule has 8 heteroatoms. The number of amides is 2. The van der Waals surface area contributed by atoms with Crippen molar-refractivity contribution in [3.63, 3.8) is 0 Å². The van der Waals surface area contributed by atoms with Crippen molar-refractivity contribution >= 4 is 33.2 Å². The fourth-order valence-corrected chi connectivity index (χ4v) is 3.65. The maximum absolute atomic E-state index is 12.6. The van der Waals surface area contributed by atoms with Gasteiger partial charge in [-0.25, -0.2) is 8.42 Å². The van der Waals surface area contributed by atoms with Gasteiger partial charge in [-0.05, 0) is 35.7 Å². The fourth-order valence-electron chi connectivity index (χ4n) is 2.80. The van der Waals surface area contributed by atoms with Crippen LogP contribution in [-0.2, 0) is 14.8 Å². The molecule has 2 aromatic carbocycles. The minimum absolute atomic E-state index is 0.278. The zero-order valence-corrected chi connectivity index (χ0v) is 18.2. The first-order valence-electron chi connectivity index (χ1n) is 9.49. The summed E-state index contributed by atoms with van der Waals surface area (Å²) < 4.78 is 25.6. The molecular weight excluding hydrogens is 402 g/mol. The highest BCUT2D eigenvalue weighted by molar-refractivity contribution is 7.92. The molecule has 2 amide bonds. The number of rotatable bonds is 9. The van der Waals surface area contributed by atoms with Gasteiger partial charge in [0, 0.05) is 6.54 Å². The van der Waals surface area contributed by atoms with Gasteiger partial charge >= 0.3 is 0 Å². The molecule has 0 fully saturated rings. The molecule has 2 aromatic rings. The highest BCUT2D eigenvalue weighted by atomic mass is 32.2. The molecule has 0 radical (unpaired) electrons. The lowest BCUT2D eigenvalue weighted by Crippen LogP contribution is -2.37. The number of carbonyl (C=O) groups is 2. The van der Waals surface area contributed by atoms with Crippen LogP contribution >= 0.6 is 0 Å². The number of nitrogens with one attached hydrogen (secondary N) is 2. The molecule has 7 nitrogen and oxygen atoms in total. The average Bonchev–Trinajstić information content (AvgIpc) is 2.70. The summed E-state index contributed by atoms with van der Waals surface area (Å²) in [5, 5.41) is 5.29. The van der Waals surface area contributed by atoms with Crippen molar-refractivity contribution in [2.45, 2.75) is 19.8 Å². The Morgan fingerprint density at radius 3 is 2.30 bits per heavy atom. The maximum atomic E-state index is 12.6. The first-order valence-corrected chi connectivity index (χ1v) is 11.3. The molecule has 2 N–H and O–H groups in total. The standard InChI is InChI=1S/C22H27N3O4S/c1-5-14-23-22(27)19-8-6-7-9-20(19)24-21(26)15-25(30(4,28)29)18-12-10-17(11-13-18)16(2)3/h5-13,16H,1,14-15H2,2-4H3,(H,23,27)(H,24,26). The van der Waals surface area contributed by atoms with Crippen LogP contribution in [0.2, 0.25) is 0 Å². The van der Waals surface area contributed by atoms with Crippen molar-refractivity contribution in [2.75, 3.05) is 29.0 Å². The Morgan fingerprint density at radius 1 is 1.10 bits per heavy atom. The van der Waals surface area contributed by atoms with Crippen LogP contribution in [0.1, 0.15) is 35.7 Å². The summed E-state index contributed by atoms with van der Waals surface area (Å²) in [4.78, 5) is 24.9. The Bertz CT molecular complexity index is 1010. The monoisotopic (exact) mass is 429 g/mol. The molecule has 0 bridgehead atoms. The summed E-state index contributed by atoms with van der Waals surface area (Å²) in [5.41, 5.74) is 2.04. The van der Waals surface area contributed by atoms with E-state index >= 15 is 0 Å². The second-order valence-electron chi connectivity index (χ2n) is 7.11. The molecule has 0 atom stereocenters. The number of carbonyl (C=O) groups excluding carboxylic acids is 2. The van der Waals surface area contributed by atoms with Gasteiger partial charge in [0.1, 0.15) is 6.54 Å². The van der Waals surface area contributed by atoms with Crippen LogP contribution in [-0.4, -0.2) is 39.6 Å². The van der Waals surface area contributed by atoms with Gasteiger partial charge in [0.05, 0.1) is 23.2 Å². The van der Waals surface area contributed by atoms with Crippen molar-refractivity contribution in [1.82, 2.24) is 5.32 Å². The molecule has 0 heterocycles. The molecule has 0 aliphatic carbocycles. The van der Waals surface area contributed by atoms with Gasteiger partial charge in [-0.1, -0.05) is 44.2 Å². The minimum atomic E-state index is -3.69. The second-order valence-corrected chi connectivity index (χ2v) is 9.02. The second kappa shape index (κ2) is 10.1. The lowest BCUT2D eigenvalue weighted by Gasteiger charge is -2.22. The van der Waals surface area contributed by atoms with E-state index in [9.17, 15) is 18.0 Å². The number of hydrogen-bond donors (Lipinski definition) is 2. The number of hydrogen-bond acceptors (Lipinski definition) is 4. The van der Waals surface area contributed by atoms with E-state index in [-0.39, 0.29) is 18.0 Å². The molecule has 0 aliphatic rings. The third-order valence-corrected chi connectivity index (χ3v) is 5.53. The van der Waals surface area contributed by atoms with E-state index in [4.69, 9.17) is 0 Å². The predicted molar refractivity (Wildman–Crippen MR) is 120 cm³/mol. The minimum Gasteiger partial charge on any atom is -0.349 e. The number of anilines is 2. The third-order valence-electron chi connectivity index (χ3n) is 4.39. The number of benzene rings is 2. The Labute approximate surface area is 177 Å². The van der Waals surface area contributed by atoms with Gasteiger partial charge in [0.15, 0.2) is 0 Å². The van der Waals surface area contributed by atoms with Crippen LogP contribution in [0.4, 0.5) is 11.4 Å². The number of nitrogens with zero attached hydrogens (tertiary/aromatic N) is 1. The molecule has 0 unspecified atom stereocenters. The van der Waals surface area contributed by atoms with Crippen molar-refractivity contribution in [3.8, 4) is 0 Å². The highest BCUT2D eigenvalue weighted by Crippen LogP contribution is 2.22. The molecule has 0 saturated heterocycles. The topological polar surface area (TPSA) is 95.6 Å². The van der Waals surface area contributed by atoms with Gasteiger partial charge in [0.25, 0.3) is 5.91 Å². The van der Waals surface area contributed by atoms with Crippen molar-refractivity contribution < 1.29 is 18.0 Å². The first kappa shape index (κ1) is 23.2. The van der Waals surface area contributed by atoms with E-state index in [2.05, 4.69) is 17.2 Å². The molecule has 0 aromatic heterocycles. The van der Waals surface area contributed by atoms with E-state index in [0.717, 1.165) is 16.1 Å². The molecule has 0 spiro atoms. The van der Waals surface area contributed by atoms with Gasteiger partial charge < -0.3 is 10.6 Å². The zero-order valence-electron chi connectivity index (χ0n) is 17.4. The molecule has 30 heavy (non-hydrogen) atoms. The lowest BCUT2D eigenvalue weighted by molar-refractivity contribution is -0.114. The van der Waals surface area contributed by atoms with Crippen LogP contribution in [0.3, 0.4) is 0 Å². The normalized spacial score (nSPS) is 11.1. The number of sulfonamides is 1. The van der Waals surface area contributed by atoms with Gasteiger partial charge in [0.2, 0.25) is 15.9 Å². The molecule has 2 rings (SSSR count). The van der Waals surface area contributed by atoms with Crippen molar-refractivity contribution in [1.29, 1.82) is 0 Å². The summed E-state index contributed by atoms with van der Waals surface area (Å²) >= 11 is 0. The van der Waals surface area contributed by atoms with E-state index in [1.165, 1.54) is 0 Å². The summed E-state index contributed by atoms with van der Waals surface area (Å²) in [6, 6.07) is 13.6. The van der Waals surface area contributed by atoms with Crippen LogP contribution in [0.15, 0.2) is 61.2 Å². The maximum Gasteiger partial charge on any atom is 0.253 e. The largest absolute Gasteiger partial charge is 0.349 e. The Morgan fingerprint density at radius 2 is 1.73 bits per heavy atom. The molecular formula is C22H27N3O4S. The van der Waals surface area contributed by atoms with Crippen LogP contribution < -0.4 is 14.9 Å². The van der Waals surface area contributed by atoms with E-state index in [1.54, 1.807) is 42.5 Å². The van der Waals surface area contributed by atoms with Crippen LogP contribution in [0.25, 0.3) is 0 Å². The Balaban J connectivity index is 2.22. The number of para-hydroxylation sites is 1. The highest BCUT2D eigenvalue weighted by Gasteiger charge is 2.22. The predicted octanol–water partition coefficient (Wildman–Crippen LogP) is 3.13. The third kappa shape index (κ3) is 6.18. The smallest absolute Gasteiger partial charge is 0.253 e. The Kier molecular flexibility index (Phi) is 7.77. The van der Waals surface area contributed by atoms with Gasteiger partial charge in [-0.15, -0.1) is 6.58 Å². The fraction of sp³-hybridized carbons (Fsp3) is 0.273. The molecule has 160 valence electrons. The summed E-state index contributed by atoms with van der Waals surface area (Å²) in [6.07, 6.45) is 2.60. The van der Waals surface area contributed by atoms with E-state index < -0.39 is 22.5 Å². The lowest BCUT2D eigenvalue weighted by atomic mass is 10.0. The zero-order chi connectivity index (χ0) is 22.3. The SMILES string of the molecule is C=CCNC(=O)c1ccccc1NC(=O)CN(c1ccc(C(C)C)cc1)S(C)(=O)=O. The van der Waals surface area contributed by atoms with Crippen molar-refractivity contribution in [3.05, 3.63) is 72.3 Å². The first-order chi connectivity index (χ1) is 14.1. The average molecular weight is 430 g/mol. The quantitative estimate of drug-likeness (QED) is 0.599. The molecule has 0 saturated carbocycles. The summed E-state index contributed by atoms with van der Waals surface area (Å²) in [7, 11) is -3.69. The van der Waals surface area contributed by atoms with Gasteiger partial charge in [-0.3, -0.25) is 13.9 Å². The van der Waals surface area contributed by atoms with E-state index in [1.807, 2.05) is 26.0 Å². The van der Waals surface area contributed by atoms with E-state index in [0.29, 0.717) is 17.3 Å². The van der Waals surface area contributed by atoms with Gasteiger partial charge in [-0.2, -0.15) is 0 Å². The molecule has 0 aliphatic heterocycles. The Hall–Kier alpha value is -3.13. The van der Waals surface area contributed by atoms with Crippen LogP contribution in [0, 0.1) is 0 Å². The summed E-state index contributed by atoms with van der Waals surface area (Å²) in [5.74, 6) is -0.620. The summed E-state index contributed by atoms with van der Waals surface area (Å²) in [6.45, 7) is 7.50. The van der Waals surface area contributed by atoms with Crippen LogP contribution in [0.5, 0.6) is 0 Å². The van der Waals surface area contributed by atoms with Crippen molar-refractivity contribution in [2.24, 2.45) is 0 Å².